The number of fused-ring (bicyclic) bond motifs is 1. The number of hydrogen-bond acceptors (Lipinski definition) is 3. The molecule has 3 heteroatoms. The molecular weight excluding hydrogens is 168 g/mol. The molecule has 0 radical (unpaired) electrons. The third kappa shape index (κ3) is 1.70. The van der Waals surface area contributed by atoms with E-state index in [2.05, 4.69) is 6.92 Å². The quantitative estimate of drug-likeness (QED) is 0.480. The van der Waals surface area contributed by atoms with Gasteiger partial charge in [-0.3, -0.25) is 4.79 Å². The monoisotopic (exact) mass is 184 g/mol. The summed E-state index contributed by atoms with van der Waals surface area (Å²) in [6, 6.07) is 0. The lowest BCUT2D eigenvalue weighted by molar-refractivity contribution is -0.150. The van der Waals surface area contributed by atoms with Crippen molar-refractivity contribution >= 4 is 5.97 Å². The lowest BCUT2D eigenvalue weighted by Crippen LogP contribution is -2.30. The summed E-state index contributed by atoms with van der Waals surface area (Å²) in [5.41, 5.74) is 0. The van der Waals surface area contributed by atoms with Crippen LogP contribution in [0, 0.1) is 11.8 Å². The molecule has 1 saturated heterocycles. The Labute approximate surface area is 78.4 Å². The van der Waals surface area contributed by atoms with E-state index < -0.39 is 0 Å². The highest BCUT2D eigenvalue weighted by Crippen LogP contribution is 2.42. The van der Waals surface area contributed by atoms with Crippen LogP contribution < -0.4 is 0 Å². The van der Waals surface area contributed by atoms with Gasteiger partial charge in [-0.05, 0) is 25.7 Å². The summed E-state index contributed by atoms with van der Waals surface area (Å²) in [6.45, 7) is 4.44. The van der Waals surface area contributed by atoms with E-state index in [1.54, 1.807) is 0 Å². The Morgan fingerprint density at radius 1 is 1.46 bits per heavy atom. The van der Waals surface area contributed by atoms with Crippen LogP contribution in [0.15, 0.2) is 0 Å². The predicted octanol–water partition coefficient (Wildman–Crippen LogP) is 1.36. The van der Waals surface area contributed by atoms with Gasteiger partial charge in [0, 0.05) is 0 Å². The largest absolute Gasteiger partial charge is 0.466 e. The number of epoxide rings is 1. The van der Waals surface area contributed by atoms with Gasteiger partial charge in [0.25, 0.3) is 0 Å². The number of carbonyl (C=O) groups excluding carboxylic acids is 1. The summed E-state index contributed by atoms with van der Waals surface area (Å²) < 4.78 is 10.4. The molecule has 2 aliphatic rings. The molecule has 0 aromatic rings. The van der Waals surface area contributed by atoms with Crippen molar-refractivity contribution in [2.45, 2.75) is 38.9 Å². The summed E-state index contributed by atoms with van der Waals surface area (Å²) in [5.74, 6) is 0.454. The maximum absolute atomic E-state index is 11.5. The van der Waals surface area contributed by atoms with Crippen LogP contribution in [-0.2, 0) is 14.3 Å². The Morgan fingerprint density at radius 3 is 2.85 bits per heavy atom. The second-order valence-electron chi connectivity index (χ2n) is 4.02. The van der Waals surface area contributed by atoms with Crippen molar-refractivity contribution < 1.29 is 14.3 Å². The van der Waals surface area contributed by atoms with E-state index in [-0.39, 0.29) is 11.9 Å². The van der Waals surface area contributed by atoms with Crippen molar-refractivity contribution in [3.05, 3.63) is 0 Å². The van der Waals surface area contributed by atoms with E-state index >= 15 is 0 Å². The molecule has 13 heavy (non-hydrogen) atoms. The first-order valence-corrected chi connectivity index (χ1v) is 5.04. The summed E-state index contributed by atoms with van der Waals surface area (Å²) in [7, 11) is 0. The topological polar surface area (TPSA) is 38.8 Å². The highest BCUT2D eigenvalue weighted by Gasteiger charge is 2.49. The van der Waals surface area contributed by atoms with Gasteiger partial charge in [0.05, 0.1) is 24.7 Å². The average molecular weight is 184 g/mol. The first-order chi connectivity index (χ1) is 6.22. The van der Waals surface area contributed by atoms with Gasteiger partial charge in [0.1, 0.15) is 0 Å². The number of hydrogen-bond donors (Lipinski definition) is 0. The van der Waals surface area contributed by atoms with Crippen LogP contribution in [0.4, 0.5) is 0 Å². The van der Waals surface area contributed by atoms with Gasteiger partial charge in [-0.1, -0.05) is 6.92 Å². The number of rotatable bonds is 2. The SMILES string of the molecule is CCOC(=O)[C@H]1C[C@H]2O[C@H]2C[C@@H]1C. The number of ether oxygens (including phenoxy) is 2. The minimum atomic E-state index is -0.0380. The molecule has 1 aliphatic carbocycles. The van der Waals surface area contributed by atoms with Gasteiger partial charge >= 0.3 is 5.97 Å². The fourth-order valence-electron chi connectivity index (χ4n) is 2.18. The molecule has 0 unspecified atom stereocenters. The predicted molar refractivity (Wildman–Crippen MR) is 47.2 cm³/mol. The van der Waals surface area contributed by atoms with E-state index in [4.69, 9.17) is 9.47 Å². The molecule has 0 bridgehead atoms. The van der Waals surface area contributed by atoms with Crippen molar-refractivity contribution in [1.29, 1.82) is 0 Å². The Morgan fingerprint density at radius 2 is 2.15 bits per heavy atom. The Balaban J connectivity index is 1.93. The van der Waals surface area contributed by atoms with Crippen LogP contribution in [0.1, 0.15) is 26.7 Å². The summed E-state index contributed by atoms with van der Waals surface area (Å²) >= 11 is 0. The normalized spacial score (nSPS) is 42.3. The van der Waals surface area contributed by atoms with Crippen LogP contribution in [0.3, 0.4) is 0 Å². The van der Waals surface area contributed by atoms with Crippen LogP contribution in [0.5, 0.6) is 0 Å². The third-order valence-corrected chi connectivity index (χ3v) is 3.05. The zero-order valence-electron chi connectivity index (χ0n) is 8.16. The van der Waals surface area contributed by atoms with Gasteiger partial charge in [0.2, 0.25) is 0 Å². The van der Waals surface area contributed by atoms with Crippen LogP contribution >= 0.6 is 0 Å². The molecule has 3 nitrogen and oxygen atoms in total. The summed E-state index contributed by atoms with van der Waals surface area (Å²) in [6.07, 6.45) is 2.69. The fraction of sp³-hybridized carbons (Fsp3) is 0.900. The van der Waals surface area contributed by atoms with Crippen molar-refractivity contribution in [3.63, 3.8) is 0 Å². The van der Waals surface area contributed by atoms with E-state index in [9.17, 15) is 4.79 Å². The number of esters is 1. The van der Waals surface area contributed by atoms with Gasteiger partial charge < -0.3 is 9.47 Å². The standard InChI is InChI=1S/C10H16O3/c1-3-12-10(11)7-5-9-8(13-9)4-6(7)2/h6-9H,3-5H2,1-2H3/t6-,7-,8-,9+/m0/s1. The molecule has 0 spiro atoms. The van der Waals surface area contributed by atoms with E-state index in [1.807, 2.05) is 6.92 Å². The Bertz CT molecular complexity index is 214. The van der Waals surface area contributed by atoms with Crippen LogP contribution in [0.25, 0.3) is 0 Å². The Kier molecular flexibility index (Phi) is 2.28. The zero-order valence-corrected chi connectivity index (χ0v) is 8.16. The molecule has 0 aromatic heterocycles. The Hall–Kier alpha value is -0.570. The zero-order chi connectivity index (χ0) is 9.42. The lowest BCUT2D eigenvalue weighted by atomic mass is 9.80. The minimum absolute atomic E-state index is 0.0380. The van der Waals surface area contributed by atoms with Crippen molar-refractivity contribution in [2.24, 2.45) is 11.8 Å². The minimum Gasteiger partial charge on any atom is -0.466 e. The molecule has 1 aliphatic heterocycles. The average Bonchev–Trinajstić information content (AvgIpc) is 2.81. The first kappa shape index (κ1) is 9.00. The van der Waals surface area contributed by atoms with Gasteiger partial charge in [-0.15, -0.1) is 0 Å². The molecule has 0 amide bonds. The van der Waals surface area contributed by atoms with Gasteiger partial charge in [0.15, 0.2) is 0 Å². The molecule has 1 saturated carbocycles. The maximum atomic E-state index is 11.5. The van der Waals surface area contributed by atoms with E-state index in [1.165, 1.54) is 0 Å². The summed E-state index contributed by atoms with van der Waals surface area (Å²) in [4.78, 5) is 11.5. The third-order valence-electron chi connectivity index (χ3n) is 3.05. The van der Waals surface area contributed by atoms with Gasteiger partial charge in [-0.25, -0.2) is 0 Å². The van der Waals surface area contributed by atoms with E-state index in [0.717, 1.165) is 12.8 Å². The first-order valence-electron chi connectivity index (χ1n) is 5.04. The second-order valence-corrected chi connectivity index (χ2v) is 4.02. The molecule has 74 valence electrons. The van der Waals surface area contributed by atoms with Crippen molar-refractivity contribution in [1.82, 2.24) is 0 Å². The highest BCUT2D eigenvalue weighted by atomic mass is 16.6. The van der Waals surface area contributed by atoms with Gasteiger partial charge in [-0.2, -0.15) is 0 Å². The molecule has 1 heterocycles. The lowest BCUT2D eigenvalue weighted by Gasteiger charge is -2.23. The second kappa shape index (κ2) is 3.29. The highest BCUT2D eigenvalue weighted by molar-refractivity contribution is 5.73. The molecule has 0 N–H and O–H groups in total. The van der Waals surface area contributed by atoms with Crippen LogP contribution in [0.2, 0.25) is 0 Å². The maximum Gasteiger partial charge on any atom is 0.309 e. The molecule has 0 aromatic carbocycles. The molecular formula is C10H16O3. The molecule has 4 atom stereocenters. The van der Waals surface area contributed by atoms with E-state index in [0.29, 0.717) is 24.7 Å². The number of carbonyl (C=O) groups is 1. The smallest absolute Gasteiger partial charge is 0.309 e. The molecule has 2 rings (SSSR count). The van der Waals surface area contributed by atoms with Crippen molar-refractivity contribution in [3.8, 4) is 0 Å². The fourth-order valence-corrected chi connectivity index (χ4v) is 2.18. The van der Waals surface area contributed by atoms with Crippen molar-refractivity contribution in [2.75, 3.05) is 6.61 Å². The summed E-state index contributed by atoms with van der Waals surface area (Å²) in [5, 5.41) is 0. The van der Waals surface area contributed by atoms with Crippen LogP contribution in [-0.4, -0.2) is 24.8 Å². The molecule has 2 fully saturated rings.